The number of hydrogen-bond donors (Lipinski definition) is 0. The number of carbonyl (C=O) groups is 2. The standard InChI is InChI=1S/C26H29N3O6S/c1-4-34-25(31)18-10-12-29(13-11-18)24(30)19-8-9-21(22(16-19)33-3)35-26-27-23(28-36-26)15-17-6-5-7-20(14-17)32-2/h5-9,14,16,18H,4,10-13,15H2,1-3H3. The molecule has 9 nitrogen and oxygen atoms in total. The minimum Gasteiger partial charge on any atom is -0.497 e. The van der Waals surface area contributed by atoms with Gasteiger partial charge in [-0.2, -0.15) is 9.36 Å². The van der Waals surface area contributed by atoms with Gasteiger partial charge < -0.3 is 23.8 Å². The van der Waals surface area contributed by atoms with E-state index < -0.39 is 0 Å². The number of nitrogens with zero attached hydrogens (tertiary/aromatic N) is 3. The predicted molar refractivity (Wildman–Crippen MR) is 134 cm³/mol. The number of ether oxygens (including phenoxy) is 4. The molecule has 0 unspecified atom stereocenters. The van der Waals surface area contributed by atoms with Crippen LogP contribution in [0.25, 0.3) is 0 Å². The Hall–Kier alpha value is -3.66. The Morgan fingerprint density at radius 3 is 2.58 bits per heavy atom. The Bertz CT molecular complexity index is 1210. The highest BCUT2D eigenvalue weighted by molar-refractivity contribution is 7.07. The summed E-state index contributed by atoms with van der Waals surface area (Å²) in [6.45, 7) is 3.17. The molecule has 1 fully saturated rings. The summed E-state index contributed by atoms with van der Waals surface area (Å²) >= 11 is 1.15. The van der Waals surface area contributed by atoms with Crippen molar-refractivity contribution in [2.45, 2.75) is 26.2 Å². The fourth-order valence-electron chi connectivity index (χ4n) is 4.06. The average Bonchev–Trinajstić information content (AvgIpc) is 3.35. The number of carbonyl (C=O) groups excluding carboxylic acids is 2. The van der Waals surface area contributed by atoms with Crippen LogP contribution in [0.3, 0.4) is 0 Å². The molecule has 10 heteroatoms. The Labute approximate surface area is 214 Å². The maximum absolute atomic E-state index is 13.0. The Morgan fingerprint density at radius 2 is 1.86 bits per heavy atom. The maximum Gasteiger partial charge on any atom is 0.309 e. The SMILES string of the molecule is CCOC(=O)C1CCN(C(=O)c2ccc(Oc3nc(Cc4cccc(OC)c4)ns3)c(OC)c2)CC1. The summed E-state index contributed by atoms with van der Waals surface area (Å²) in [6, 6.07) is 12.8. The molecule has 0 aliphatic carbocycles. The van der Waals surface area contributed by atoms with Gasteiger partial charge in [0.15, 0.2) is 17.3 Å². The van der Waals surface area contributed by atoms with Crippen LogP contribution in [0.1, 0.15) is 41.5 Å². The molecule has 0 bridgehead atoms. The number of benzene rings is 2. The van der Waals surface area contributed by atoms with Crippen LogP contribution in [0.5, 0.6) is 22.4 Å². The quantitative estimate of drug-likeness (QED) is 0.391. The topological polar surface area (TPSA) is 100 Å². The fourth-order valence-corrected chi connectivity index (χ4v) is 4.62. The molecule has 2 aromatic carbocycles. The summed E-state index contributed by atoms with van der Waals surface area (Å²) in [5.41, 5.74) is 1.52. The van der Waals surface area contributed by atoms with Crippen LogP contribution in [0.2, 0.25) is 0 Å². The number of rotatable bonds is 9. The van der Waals surface area contributed by atoms with Crippen molar-refractivity contribution in [1.29, 1.82) is 0 Å². The molecule has 4 rings (SSSR count). The molecule has 1 aromatic heterocycles. The number of esters is 1. The largest absolute Gasteiger partial charge is 0.497 e. The van der Waals surface area contributed by atoms with Crippen molar-refractivity contribution in [2.75, 3.05) is 33.9 Å². The number of amides is 1. The van der Waals surface area contributed by atoms with Gasteiger partial charge in [0, 0.05) is 36.6 Å². The second-order valence-electron chi connectivity index (χ2n) is 8.29. The third kappa shape index (κ3) is 6.12. The van der Waals surface area contributed by atoms with Gasteiger partial charge in [-0.15, -0.1) is 0 Å². The molecule has 1 aliphatic heterocycles. The number of piperidine rings is 1. The van der Waals surface area contributed by atoms with Crippen molar-refractivity contribution < 1.29 is 28.5 Å². The van der Waals surface area contributed by atoms with Crippen LogP contribution in [0.4, 0.5) is 0 Å². The number of methoxy groups -OCH3 is 2. The molecule has 0 spiro atoms. The first-order valence-electron chi connectivity index (χ1n) is 11.8. The van der Waals surface area contributed by atoms with Crippen molar-refractivity contribution in [3.63, 3.8) is 0 Å². The van der Waals surface area contributed by atoms with Crippen molar-refractivity contribution in [3.05, 3.63) is 59.4 Å². The first-order valence-corrected chi connectivity index (χ1v) is 12.5. The van der Waals surface area contributed by atoms with Crippen LogP contribution in [0, 0.1) is 5.92 Å². The second-order valence-corrected chi connectivity index (χ2v) is 9.01. The summed E-state index contributed by atoms with van der Waals surface area (Å²) in [6.07, 6.45) is 1.74. The minimum atomic E-state index is -0.184. The molecule has 0 atom stereocenters. The van der Waals surface area contributed by atoms with E-state index in [1.165, 1.54) is 7.11 Å². The Balaban J connectivity index is 1.39. The highest BCUT2D eigenvalue weighted by Crippen LogP contribution is 2.34. The molecule has 3 aromatic rings. The molecular formula is C26H29N3O6S. The third-order valence-corrected chi connectivity index (χ3v) is 6.59. The molecule has 1 amide bonds. The molecule has 1 aliphatic rings. The van der Waals surface area contributed by atoms with Gasteiger partial charge in [-0.3, -0.25) is 9.59 Å². The van der Waals surface area contributed by atoms with Crippen molar-refractivity contribution in [1.82, 2.24) is 14.3 Å². The maximum atomic E-state index is 13.0. The van der Waals surface area contributed by atoms with Crippen LogP contribution in [-0.2, 0) is 16.0 Å². The monoisotopic (exact) mass is 511 g/mol. The van der Waals surface area contributed by atoms with E-state index >= 15 is 0 Å². The van der Waals surface area contributed by atoms with Crippen molar-refractivity contribution in [2.24, 2.45) is 5.92 Å². The minimum absolute atomic E-state index is 0.112. The summed E-state index contributed by atoms with van der Waals surface area (Å²) in [5, 5.41) is 0.381. The van der Waals surface area contributed by atoms with Gasteiger partial charge in [-0.25, -0.2) is 0 Å². The van der Waals surface area contributed by atoms with Gasteiger partial charge in [0.05, 0.1) is 26.7 Å². The van der Waals surface area contributed by atoms with Crippen LogP contribution in [-0.4, -0.2) is 60.0 Å². The zero-order valence-corrected chi connectivity index (χ0v) is 21.4. The molecule has 0 N–H and O–H groups in total. The number of aromatic nitrogens is 2. The van der Waals surface area contributed by atoms with E-state index in [0.717, 1.165) is 22.8 Å². The molecule has 36 heavy (non-hydrogen) atoms. The molecule has 0 radical (unpaired) electrons. The normalized spacial score (nSPS) is 13.8. The summed E-state index contributed by atoms with van der Waals surface area (Å²) in [4.78, 5) is 31.2. The van der Waals surface area contributed by atoms with E-state index in [9.17, 15) is 9.59 Å². The van der Waals surface area contributed by atoms with Gasteiger partial charge in [0.2, 0.25) is 0 Å². The lowest BCUT2D eigenvalue weighted by atomic mass is 9.96. The highest BCUT2D eigenvalue weighted by atomic mass is 32.1. The first kappa shape index (κ1) is 25.4. The lowest BCUT2D eigenvalue weighted by molar-refractivity contribution is -0.149. The zero-order chi connectivity index (χ0) is 25.5. The Morgan fingerprint density at radius 1 is 1.06 bits per heavy atom. The van der Waals surface area contributed by atoms with Gasteiger partial charge in [0.1, 0.15) is 5.75 Å². The summed E-state index contributed by atoms with van der Waals surface area (Å²) in [5.74, 6) is 1.84. The van der Waals surface area contributed by atoms with Gasteiger partial charge in [-0.1, -0.05) is 12.1 Å². The van der Waals surface area contributed by atoms with E-state index in [0.29, 0.717) is 67.0 Å². The van der Waals surface area contributed by atoms with E-state index in [4.69, 9.17) is 18.9 Å². The number of likely N-dealkylation sites (tertiary alicyclic amines) is 1. The van der Waals surface area contributed by atoms with Crippen LogP contribution in [0.15, 0.2) is 42.5 Å². The summed E-state index contributed by atoms with van der Waals surface area (Å²) in [7, 11) is 3.15. The molecule has 0 saturated carbocycles. The molecule has 1 saturated heterocycles. The predicted octanol–water partition coefficient (Wildman–Crippen LogP) is 4.35. The number of hydrogen-bond acceptors (Lipinski definition) is 9. The van der Waals surface area contributed by atoms with Gasteiger partial charge in [-0.05, 0) is 55.7 Å². The highest BCUT2D eigenvalue weighted by Gasteiger charge is 2.29. The smallest absolute Gasteiger partial charge is 0.309 e. The Kier molecular flexibility index (Phi) is 8.37. The fraction of sp³-hybridized carbons (Fsp3) is 0.385. The van der Waals surface area contributed by atoms with E-state index in [2.05, 4.69) is 9.36 Å². The first-order chi connectivity index (χ1) is 17.5. The van der Waals surface area contributed by atoms with Crippen molar-refractivity contribution >= 4 is 23.4 Å². The van der Waals surface area contributed by atoms with Gasteiger partial charge >= 0.3 is 5.97 Å². The van der Waals surface area contributed by atoms with E-state index in [1.807, 2.05) is 24.3 Å². The van der Waals surface area contributed by atoms with Crippen molar-refractivity contribution in [3.8, 4) is 22.4 Å². The van der Waals surface area contributed by atoms with Crippen LogP contribution >= 0.6 is 11.5 Å². The second kappa shape index (κ2) is 11.9. The lowest BCUT2D eigenvalue weighted by Gasteiger charge is -2.31. The van der Waals surface area contributed by atoms with Gasteiger partial charge in [0.25, 0.3) is 11.1 Å². The average molecular weight is 512 g/mol. The van der Waals surface area contributed by atoms with E-state index in [1.54, 1.807) is 37.1 Å². The molecule has 2 heterocycles. The van der Waals surface area contributed by atoms with Crippen LogP contribution < -0.4 is 14.2 Å². The zero-order valence-electron chi connectivity index (χ0n) is 20.6. The molecular weight excluding hydrogens is 482 g/mol. The third-order valence-electron chi connectivity index (χ3n) is 5.96. The van der Waals surface area contributed by atoms with E-state index in [-0.39, 0.29) is 17.8 Å². The lowest BCUT2D eigenvalue weighted by Crippen LogP contribution is -2.40. The summed E-state index contributed by atoms with van der Waals surface area (Å²) < 4.78 is 26.2. The molecule has 190 valence electrons.